The fourth-order valence-corrected chi connectivity index (χ4v) is 1.55. The van der Waals surface area contributed by atoms with Gasteiger partial charge in [-0.15, -0.1) is 0 Å². The molecule has 0 atom stereocenters. The van der Waals surface area contributed by atoms with Gasteiger partial charge in [0.2, 0.25) is 0 Å². The molecule has 0 unspecified atom stereocenters. The third kappa shape index (κ3) is 26.6. The molecule has 1 fully saturated rings. The monoisotopic (exact) mass is 268 g/mol. The molecule has 1 rings (SSSR count). The predicted octanol–water partition coefficient (Wildman–Crippen LogP) is 6.83. The van der Waals surface area contributed by atoms with E-state index in [1.54, 1.807) is 6.08 Å². The lowest BCUT2D eigenvalue weighted by Crippen LogP contribution is -1.99. The molecule has 0 aromatic carbocycles. The fourth-order valence-electron chi connectivity index (χ4n) is 1.55. The Hall–Kier alpha value is -0.980. The Morgan fingerprint density at radius 1 is 0.947 bits per heavy atom. The minimum Gasteiger partial charge on any atom is -0.509 e. The molecule has 0 aliphatic heterocycles. The zero-order chi connectivity index (χ0) is 15.7. The number of rotatable bonds is 2. The summed E-state index contributed by atoms with van der Waals surface area (Å²) in [4.78, 5) is 0. The number of hydrogen-bond acceptors (Lipinski definition) is 1. The van der Waals surface area contributed by atoms with Gasteiger partial charge in [0.05, 0.1) is 0 Å². The number of allylic oxidation sites excluding steroid dienone is 3. The summed E-state index contributed by atoms with van der Waals surface area (Å²) < 4.78 is 0. The molecule has 114 valence electrons. The van der Waals surface area contributed by atoms with Crippen LogP contribution in [0.1, 0.15) is 73.6 Å². The molecule has 0 heterocycles. The van der Waals surface area contributed by atoms with Crippen molar-refractivity contribution in [3.05, 3.63) is 36.6 Å². The van der Waals surface area contributed by atoms with Gasteiger partial charge in [-0.05, 0) is 18.9 Å². The highest BCUT2D eigenvalue weighted by Crippen LogP contribution is 2.22. The van der Waals surface area contributed by atoms with Crippen molar-refractivity contribution in [1.82, 2.24) is 0 Å². The molecule has 0 saturated heterocycles. The first-order valence-corrected chi connectivity index (χ1v) is 7.74. The molecular formula is C18H36O. The van der Waals surface area contributed by atoms with Gasteiger partial charge in [0.25, 0.3) is 0 Å². The number of aliphatic hydroxyl groups excluding tert-OH is 1. The van der Waals surface area contributed by atoms with Crippen molar-refractivity contribution < 1.29 is 5.11 Å². The molecule has 0 amide bonds. The molecule has 0 spiro atoms. The van der Waals surface area contributed by atoms with E-state index < -0.39 is 0 Å². The zero-order valence-electron chi connectivity index (χ0n) is 14.1. The molecule has 1 aliphatic carbocycles. The Labute approximate surface area is 122 Å². The van der Waals surface area contributed by atoms with Gasteiger partial charge >= 0.3 is 0 Å². The van der Waals surface area contributed by atoms with Crippen LogP contribution in [-0.2, 0) is 0 Å². The van der Waals surface area contributed by atoms with E-state index in [4.69, 9.17) is 5.11 Å². The van der Waals surface area contributed by atoms with Crippen molar-refractivity contribution in [2.75, 3.05) is 0 Å². The van der Waals surface area contributed by atoms with Crippen molar-refractivity contribution in [2.24, 2.45) is 5.92 Å². The first-order valence-electron chi connectivity index (χ1n) is 7.74. The smallest absolute Gasteiger partial charge is 0.108 e. The lowest BCUT2D eigenvalue weighted by Gasteiger charge is -2.15. The standard InChI is InChI=1S/C7H10O.C7H14.2C2H6/c1-6(2)4-5-7(3)8;1-7-5-3-2-4-6-7;2*1-2/h4-5,8H,1,3H2,2H3;7H,2-6H2,1H3;2*1-2H3/b5-4-;;;. The van der Waals surface area contributed by atoms with Gasteiger partial charge in [-0.2, -0.15) is 0 Å². The highest BCUT2D eigenvalue weighted by molar-refractivity contribution is 5.18. The van der Waals surface area contributed by atoms with Crippen molar-refractivity contribution >= 4 is 0 Å². The molecule has 0 aromatic heterocycles. The van der Waals surface area contributed by atoms with Crippen molar-refractivity contribution in [3.8, 4) is 0 Å². The van der Waals surface area contributed by atoms with Gasteiger partial charge in [0.15, 0.2) is 0 Å². The molecule has 0 radical (unpaired) electrons. The summed E-state index contributed by atoms with van der Waals surface area (Å²) in [5, 5.41) is 8.48. The van der Waals surface area contributed by atoms with Crippen molar-refractivity contribution in [2.45, 2.75) is 73.6 Å². The van der Waals surface area contributed by atoms with Gasteiger partial charge in [-0.25, -0.2) is 0 Å². The minimum absolute atomic E-state index is 0.0630. The quantitative estimate of drug-likeness (QED) is 0.430. The van der Waals surface area contributed by atoms with E-state index in [1.165, 1.54) is 38.2 Å². The lowest BCUT2D eigenvalue weighted by molar-refractivity contribution is 0.385. The Balaban J connectivity index is -0.000000214. The maximum atomic E-state index is 8.48. The van der Waals surface area contributed by atoms with E-state index in [-0.39, 0.29) is 5.76 Å². The fraction of sp³-hybridized carbons (Fsp3) is 0.667. The van der Waals surface area contributed by atoms with Gasteiger partial charge in [-0.1, -0.05) is 91.5 Å². The summed E-state index contributed by atoms with van der Waals surface area (Å²) in [6.45, 7) is 19.0. The third-order valence-electron chi connectivity index (χ3n) is 2.45. The maximum Gasteiger partial charge on any atom is 0.108 e. The van der Waals surface area contributed by atoms with Crippen molar-refractivity contribution in [1.29, 1.82) is 0 Å². The molecule has 0 aromatic rings. The van der Waals surface area contributed by atoms with Gasteiger partial charge in [0, 0.05) is 0 Å². The number of hydrogen-bond donors (Lipinski definition) is 1. The predicted molar refractivity (Wildman–Crippen MR) is 90.7 cm³/mol. The first kappa shape index (κ1) is 23.1. The minimum atomic E-state index is 0.0630. The third-order valence-corrected chi connectivity index (χ3v) is 2.45. The summed E-state index contributed by atoms with van der Waals surface area (Å²) in [5.41, 5.74) is 0.903. The molecular weight excluding hydrogens is 232 g/mol. The molecule has 1 saturated carbocycles. The topological polar surface area (TPSA) is 20.2 Å². The highest BCUT2D eigenvalue weighted by Gasteiger charge is 2.05. The molecule has 1 nitrogen and oxygen atoms in total. The SMILES string of the molecule is C=C(C)/C=C\C(=C)O.CC.CC.CC1CCCCC1. The second-order valence-corrected chi connectivity index (χ2v) is 4.41. The summed E-state index contributed by atoms with van der Waals surface area (Å²) >= 11 is 0. The zero-order valence-corrected chi connectivity index (χ0v) is 14.1. The normalized spacial score (nSPS) is 14.0. The van der Waals surface area contributed by atoms with E-state index in [0.717, 1.165) is 11.5 Å². The van der Waals surface area contributed by atoms with Crippen LogP contribution >= 0.6 is 0 Å². The van der Waals surface area contributed by atoms with Gasteiger partial charge < -0.3 is 5.11 Å². The van der Waals surface area contributed by atoms with E-state index in [9.17, 15) is 0 Å². The molecule has 1 N–H and O–H groups in total. The Kier molecular flexibility index (Phi) is 23.6. The Morgan fingerprint density at radius 2 is 1.37 bits per heavy atom. The van der Waals surface area contributed by atoms with Crippen molar-refractivity contribution in [3.63, 3.8) is 0 Å². The second kappa shape index (κ2) is 19.4. The van der Waals surface area contributed by atoms with Crippen LogP contribution in [0.2, 0.25) is 0 Å². The van der Waals surface area contributed by atoms with Gasteiger partial charge in [-0.3, -0.25) is 0 Å². The second-order valence-electron chi connectivity index (χ2n) is 4.41. The largest absolute Gasteiger partial charge is 0.509 e. The Morgan fingerprint density at radius 3 is 1.53 bits per heavy atom. The van der Waals surface area contributed by atoms with Crippen LogP contribution in [0.5, 0.6) is 0 Å². The van der Waals surface area contributed by atoms with Crippen LogP contribution < -0.4 is 0 Å². The molecule has 1 aliphatic rings. The highest BCUT2D eigenvalue weighted by atomic mass is 16.3. The van der Waals surface area contributed by atoms with Gasteiger partial charge in [0.1, 0.15) is 5.76 Å². The molecule has 1 heteroatoms. The summed E-state index contributed by atoms with van der Waals surface area (Å²) in [7, 11) is 0. The van der Waals surface area contributed by atoms with E-state index in [0.29, 0.717) is 0 Å². The summed E-state index contributed by atoms with van der Waals surface area (Å²) in [6, 6.07) is 0. The summed E-state index contributed by atoms with van der Waals surface area (Å²) in [6.07, 6.45) is 10.6. The molecule has 0 bridgehead atoms. The average Bonchev–Trinajstić information content (AvgIpc) is 2.43. The molecule has 19 heavy (non-hydrogen) atoms. The first-order chi connectivity index (χ1) is 9.02. The van der Waals surface area contributed by atoms with E-state index in [2.05, 4.69) is 20.1 Å². The van der Waals surface area contributed by atoms with Crippen LogP contribution in [0.15, 0.2) is 36.6 Å². The van der Waals surface area contributed by atoms with Crippen LogP contribution in [-0.4, -0.2) is 5.11 Å². The average molecular weight is 268 g/mol. The maximum absolute atomic E-state index is 8.48. The lowest BCUT2D eigenvalue weighted by atomic mass is 9.91. The number of aliphatic hydroxyl groups is 1. The van der Waals surface area contributed by atoms with E-state index in [1.807, 2.05) is 34.6 Å². The summed E-state index contributed by atoms with van der Waals surface area (Å²) in [5.74, 6) is 1.10. The van der Waals surface area contributed by atoms with Crippen LogP contribution in [0, 0.1) is 5.92 Å². The van der Waals surface area contributed by atoms with E-state index >= 15 is 0 Å². The van der Waals surface area contributed by atoms with Crippen LogP contribution in [0.4, 0.5) is 0 Å². The Bertz CT molecular complexity index is 204. The van der Waals surface area contributed by atoms with Crippen LogP contribution in [0.3, 0.4) is 0 Å². The van der Waals surface area contributed by atoms with Crippen LogP contribution in [0.25, 0.3) is 0 Å².